The Morgan fingerprint density at radius 1 is 1.03 bits per heavy atom. The minimum Gasteiger partial charge on any atom is -0.497 e. The molecule has 0 spiro atoms. The normalized spacial score (nSPS) is 10.9. The summed E-state index contributed by atoms with van der Waals surface area (Å²) in [4.78, 5) is 0.0735. The predicted molar refractivity (Wildman–Crippen MR) is 118 cm³/mol. The average molecular weight is 449 g/mol. The van der Waals surface area contributed by atoms with Crippen LogP contribution in [0.25, 0.3) is 0 Å². The van der Waals surface area contributed by atoms with Crippen molar-refractivity contribution in [2.75, 3.05) is 29.6 Å². The van der Waals surface area contributed by atoms with E-state index in [2.05, 4.69) is 20.5 Å². The Labute approximate surface area is 179 Å². The van der Waals surface area contributed by atoms with Gasteiger partial charge in [-0.15, -0.1) is 0 Å². The summed E-state index contributed by atoms with van der Waals surface area (Å²) in [7, 11) is -0.671. The highest BCUT2D eigenvalue weighted by Crippen LogP contribution is 2.29. The van der Waals surface area contributed by atoms with Crippen LogP contribution in [0.1, 0.15) is 5.76 Å². The van der Waals surface area contributed by atoms with Crippen LogP contribution in [0.15, 0.2) is 57.9 Å². The first-order valence-electron chi connectivity index (χ1n) is 8.67. The molecule has 158 valence electrons. The average Bonchev–Trinajstić information content (AvgIpc) is 3.12. The summed E-state index contributed by atoms with van der Waals surface area (Å²) < 4.78 is 42.6. The molecule has 9 nitrogen and oxygen atoms in total. The van der Waals surface area contributed by atoms with Crippen molar-refractivity contribution in [1.82, 2.24) is 5.16 Å². The van der Waals surface area contributed by atoms with Gasteiger partial charge in [0.1, 0.15) is 17.3 Å². The maximum absolute atomic E-state index is 12.4. The lowest BCUT2D eigenvalue weighted by molar-refractivity contribution is 0.395. The topological polar surface area (TPSA) is 115 Å². The van der Waals surface area contributed by atoms with Gasteiger partial charge in [0.2, 0.25) is 0 Å². The van der Waals surface area contributed by atoms with Crippen LogP contribution >= 0.6 is 12.2 Å². The third-order valence-electron chi connectivity index (χ3n) is 3.95. The molecule has 0 unspecified atom stereocenters. The Bertz CT molecular complexity index is 1140. The molecule has 30 heavy (non-hydrogen) atoms. The summed E-state index contributed by atoms with van der Waals surface area (Å²) in [5.74, 6) is 1.84. The first kappa shape index (κ1) is 21.4. The minimum absolute atomic E-state index is 0.0735. The molecule has 0 amide bonds. The predicted octanol–water partition coefficient (Wildman–Crippen LogP) is 3.61. The second kappa shape index (κ2) is 9.01. The van der Waals surface area contributed by atoms with E-state index >= 15 is 0 Å². The van der Waals surface area contributed by atoms with Crippen LogP contribution in [0.2, 0.25) is 0 Å². The zero-order valence-electron chi connectivity index (χ0n) is 16.4. The fraction of sp³-hybridized carbons (Fsp3) is 0.158. The molecular formula is C19H20N4O5S2. The van der Waals surface area contributed by atoms with Crippen LogP contribution in [0, 0.1) is 6.92 Å². The summed E-state index contributed by atoms with van der Waals surface area (Å²) in [5.41, 5.74) is 1.26. The lowest BCUT2D eigenvalue weighted by Gasteiger charge is -2.14. The first-order valence-corrected chi connectivity index (χ1v) is 10.6. The Morgan fingerprint density at radius 2 is 1.77 bits per heavy atom. The van der Waals surface area contributed by atoms with E-state index in [1.165, 1.54) is 18.2 Å². The fourth-order valence-electron chi connectivity index (χ4n) is 2.51. The van der Waals surface area contributed by atoms with Gasteiger partial charge in [0.25, 0.3) is 10.0 Å². The molecule has 0 atom stereocenters. The number of thiocarbonyl (C=S) groups is 1. The van der Waals surface area contributed by atoms with E-state index in [-0.39, 0.29) is 10.7 Å². The molecule has 0 aliphatic rings. The van der Waals surface area contributed by atoms with Gasteiger partial charge >= 0.3 is 0 Å². The molecule has 2 aromatic carbocycles. The Kier molecular flexibility index (Phi) is 6.43. The van der Waals surface area contributed by atoms with Crippen molar-refractivity contribution in [3.63, 3.8) is 0 Å². The molecule has 1 aromatic heterocycles. The zero-order chi connectivity index (χ0) is 21.7. The molecule has 0 radical (unpaired) electrons. The molecule has 11 heteroatoms. The summed E-state index contributed by atoms with van der Waals surface area (Å²) in [6, 6.07) is 12.9. The van der Waals surface area contributed by atoms with Crippen LogP contribution < -0.4 is 24.8 Å². The van der Waals surface area contributed by atoms with Crippen molar-refractivity contribution in [1.29, 1.82) is 0 Å². The summed E-state index contributed by atoms with van der Waals surface area (Å²) in [6.45, 7) is 1.67. The summed E-state index contributed by atoms with van der Waals surface area (Å²) in [5, 5.41) is 9.96. The highest BCUT2D eigenvalue weighted by atomic mass is 32.2. The first-order chi connectivity index (χ1) is 14.3. The SMILES string of the molecule is COc1ccc(NC(=S)Nc2ccc(S(=O)(=O)Nc3cc(C)on3)cc2)c(OC)c1. The molecule has 0 aliphatic carbocycles. The van der Waals surface area contributed by atoms with Gasteiger partial charge in [-0.3, -0.25) is 4.72 Å². The van der Waals surface area contributed by atoms with Crippen molar-refractivity contribution in [3.05, 3.63) is 54.3 Å². The van der Waals surface area contributed by atoms with Gasteiger partial charge in [0.15, 0.2) is 10.9 Å². The number of nitrogens with zero attached hydrogens (tertiary/aromatic N) is 1. The number of ether oxygens (including phenoxy) is 2. The largest absolute Gasteiger partial charge is 0.497 e. The Hall–Kier alpha value is -3.31. The van der Waals surface area contributed by atoms with Crippen molar-refractivity contribution >= 4 is 44.5 Å². The van der Waals surface area contributed by atoms with Gasteiger partial charge < -0.3 is 24.6 Å². The van der Waals surface area contributed by atoms with Crippen molar-refractivity contribution in [2.45, 2.75) is 11.8 Å². The molecule has 3 rings (SSSR count). The van der Waals surface area contributed by atoms with Crippen molar-refractivity contribution in [2.24, 2.45) is 0 Å². The van der Waals surface area contributed by atoms with E-state index in [1.54, 1.807) is 51.5 Å². The number of nitrogens with one attached hydrogen (secondary N) is 3. The Morgan fingerprint density at radius 3 is 2.37 bits per heavy atom. The highest BCUT2D eigenvalue weighted by molar-refractivity contribution is 7.92. The van der Waals surface area contributed by atoms with E-state index in [0.717, 1.165) is 0 Å². The maximum Gasteiger partial charge on any atom is 0.263 e. The number of aromatic nitrogens is 1. The second-order valence-electron chi connectivity index (χ2n) is 6.10. The van der Waals surface area contributed by atoms with Gasteiger partial charge in [0.05, 0.1) is 24.8 Å². The number of rotatable bonds is 7. The molecule has 0 saturated carbocycles. The lowest BCUT2D eigenvalue weighted by Crippen LogP contribution is -2.19. The molecule has 0 saturated heterocycles. The van der Waals surface area contributed by atoms with E-state index in [1.807, 2.05) is 0 Å². The number of anilines is 3. The number of hydrogen-bond acceptors (Lipinski definition) is 7. The number of aryl methyl sites for hydroxylation is 1. The molecule has 1 heterocycles. The number of hydrogen-bond donors (Lipinski definition) is 3. The van der Waals surface area contributed by atoms with Crippen LogP contribution in [0.3, 0.4) is 0 Å². The molecule has 3 N–H and O–H groups in total. The van der Waals surface area contributed by atoms with Crippen LogP contribution in [-0.2, 0) is 10.0 Å². The van der Waals surface area contributed by atoms with Gasteiger partial charge in [-0.25, -0.2) is 8.42 Å². The zero-order valence-corrected chi connectivity index (χ0v) is 18.1. The summed E-state index contributed by atoms with van der Waals surface area (Å²) >= 11 is 5.32. The van der Waals surface area contributed by atoms with Gasteiger partial charge in [-0.1, -0.05) is 5.16 Å². The van der Waals surface area contributed by atoms with Crippen molar-refractivity contribution in [3.8, 4) is 11.5 Å². The minimum atomic E-state index is -3.79. The second-order valence-corrected chi connectivity index (χ2v) is 8.19. The standard InChI is InChI=1S/C19H20N4O5S2/c1-12-10-18(22-28-12)23-30(24,25)15-7-4-13(5-8-15)20-19(29)21-16-9-6-14(26-2)11-17(16)27-3/h4-11H,1-3H3,(H,22,23)(H2,20,21,29). The van der Waals surface area contributed by atoms with E-state index in [9.17, 15) is 8.42 Å². The van der Waals surface area contributed by atoms with E-state index in [0.29, 0.717) is 33.7 Å². The van der Waals surface area contributed by atoms with E-state index < -0.39 is 10.0 Å². The Balaban J connectivity index is 1.66. The quantitative estimate of drug-likeness (QED) is 0.466. The number of benzene rings is 2. The maximum atomic E-state index is 12.4. The number of sulfonamides is 1. The van der Waals surface area contributed by atoms with Crippen molar-refractivity contribution < 1.29 is 22.4 Å². The summed E-state index contributed by atoms with van der Waals surface area (Å²) in [6.07, 6.45) is 0. The lowest BCUT2D eigenvalue weighted by atomic mass is 10.2. The molecule has 0 bridgehead atoms. The van der Waals surface area contributed by atoms with Crippen LogP contribution in [-0.4, -0.2) is 32.9 Å². The smallest absolute Gasteiger partial charge is 0.263 e. The molecule has 3 aromatic rings. The molecular weight excluding hydrogens is 428 g/mol. The third-order valence-corrected chi connectivity index (χ3v) is 5.52. The molecule has 0 fully saturated rings. The monoisotopic (exact) mass is 448 g/mol. The van der Waals surface area contributed by atoms with Crippen LogP contribution in [0.5, 0.6) is 11.5 Å². The van der Waals surface area contributed by atoms with Gasteiger partial charge in [-0.2, -0.15) is 0 Å². The van der Waals surface area contributed by atoms with Gasteiger partial charge in [0, 0.05) is 17.8 Å². The van der Waals surface area contributed by atoms with Gasteiger partial charge in [-0.05, 0) is 55.5 Å². The highest BCUT2D eigenvalue weighted by Gasteiger charge is 2.16. The van der Waals surface area contributed by atoms with E-state index in [4.69, 9.17) is 26.2 Å². The fourth-order valence-corrected chi connectivity index (χ4v) is 3.73. The molecule has 0 aliphatic heterocycles. The third kappa shape index (κ3) is 5.19. The van der Waals surface area contributed by atoms with Crippen LogP contribution in [0.4, 0.5) is 17.2 Å². The number of methoxy groups -OCH3 is 2.